The van der Waals surface area contributed by atoms with Crippen LogP contribution in [0, 0.1) is 11.6 Å². The van der Waals surface area contributed by atoms with Crippen molar-refractivity contribution in [3.05, 3.63) is 38.3 Å². The average Bonchev–Trinajstić information content (AvgIpc) is 3.21. The molecule has 3 aromatic rings. The van der Waals surface area contributed by atoms with Gasteiger partial charge in [-0.1, -0.05) is 0 Å². The molecule has 0 unspecified atom stereocenters. The molecule has 108 valence electrons. The number of phenols is 1. The highest BCUT2D eigenvalue weighted by atomic mass is 32.1. The first kappa shape index (κ1) is 12.5. The summed E-state index contributed by atoms with van der Waals surface area (Å²) >= 11 is 0.955. The molecule has 1 aromatic carbocycles. The Morgan fingerprint density at radius 3 is 2.71 bits per heavy atom. The minimum atomic E-state index is -1.39. The van der Waals surface area contributed by atoms with E-state index in [1.165, 1.54) is 0 Å². The molecule has 0 atom stereocenters. The molecule has 1 saturated carbocycles. The van der Waals surface area contributed by atoms with Crippen LogP contribution >= 0.6 is 11.5 Å². The molecule has 1 fully saturated rings. The van der Waals surface area contributed by atoms with E-state index in [0.717, 1.165) is 30.4 Å². The van der Waals surface area contributed by atoms with Gasteiger partial charge in [-0.2, -0.15) is 4.39 Å². The van der Waals surface area contributed by atoms with Crippen LogP contribution in [0.1, 0.15) is 18.9 Å². The number of rotatable bonds is 1. The Kier molecular flexibility index (Phi) is 2.33. The lowest BCUT2D eigenvalue weighted by molar-refractivity contribution is 0.410. The van der Waals surface area contributed by atoms with E-state index in [9.17, 15) is 23.5 Å². The maximum atomic E-state index is 13.7. The van der Waals surface area contributed by atoms with Crippen molar-refractivity contribution in [2.24, 2.45) is 0 Å². The van der Waals surface area contributed by atoms with Gasteiger partial charge in [-0.3, -0.25) is 14.0 Å². The van der Waals surface area contributed by atoms with Gasteiger partial charge >= 0.3 is 0 Å². The summed E-state index contributed by atoms with van der Waals surface area (Å²) in [5.74, 6) is -3.60. The van der Waals surface area contributed by atoms with Gasteiger partial charge in [0.15, 0.2) is 11.6 Å². The van der Waals surface area contributed by atoms with E-state index in [2.05, 4.69) is 4.37 Å². The highest BCUT2D eigenvalue weighted by Crippen LogP contribution is 2.42. The Hall–Kier alpha value is -2.22. The zero-order valence-electron chi connectivity index (χ0n) is 10.4. The van der Waals surface area contributed by atoms with Gasteiger partial charge < -0.3 is 9.67 Å². The van der Waals surface area contributed by atoms with Crippen LogP contribution in [0.5, 0.6) is 5.75 Å². The second-order valence-electron chi connectivity index (χ2n) is 5.06. The number of nitrogens with one attached hydrogen (secondary N) is 1. The zero-order valence-corrected chi connectivity index (χ0v) is 11.3. The topological polar surface area (TPSA) is 75.1 Å². The van der Waals surface area contributed by atoms with Crippen LogP contribution in [0.3, 0.4) is 0 Å². The Labute approximate surface area is 119 Å². The number of H-pyrrole nitrogens is 1. The second-order valence-corrected chi connectivity index (χ2v) is 5.86. The smallest absolute Gasteiger partial charge is 0.271 e. The number of phenolic OH excluding ortho intramolecular Hbond substituents is 1. The van der Waals surface area contributed by atoms with E-state index in [1.54, 1.807) is 4.57 Å². The summed E-state index contributed by atoms with van der Waals surface area (Å²) in [7, 11) is 0. The van der Waals surface area contributed by atoms with Gasteiger partial charge in [0.25, 0.3) is 5.56 Å². The number of hydrogen-bond acceptors (Lipinski definition) is 4. The van der Waals surface area contributed by atoms with Gasteiger partial charge in [-0.25, -0.2) is 4.39 Å². The van der Waals surface area contributed by atoms with Crippen molar-refractivity contribution < 1.29 is 13.9 Å². The minimum absolute atomic E-state index is 0.0298. The standard InChI is InChI=1S/C13H8F2N2O3S/c14-6-3-5-9(11(19)8(6)15)17(4-1-2-4)13-7(10(5)18)12(20)16-21-13/h3-4,19H,1-2H2,(H,16,20). The number of benzene rings is 1. The molecule has 2 heterocycles. The van der Waals surface area contributed by atoms with Crippen molar-refractivity contribution in [3.8, 4) is 5.75 Å². The SMILES string of the molecule is O=c1[nH]sc2c1c(=O)c1cc(F)c(F)c(O)c1n2C1CC1. The van der Waals surface area contributed by atoms with Crippen molar-refractivity contribution in [1.29, 1.82) is 0 Å². The molecule has 0 saturated heterocycles. The zero-order chi connectivity index (χ0) is 14.9. The summed E-state index contributed by atoms with van der Waals surface area (Å²) in [6.45, 7) is 0. The third-order valence-electron chi connectivity index (χ3n) is 3.69. The van der Waals surface area contributed by atoms with Gasteiger partial charge in [-0.15, -0.1) is 0 Å². The van der Waals surface area contributed by atoms with E-state index in [1.807, 2.05) is 0 Å². The summed E-state index contributed by atoms with van der Waals surface area (Å²) in [4.78, 5) is 24.5. The van der Waals surface area contributed by atoms with E-state index in [-0.39, 0.29) is 22.3 Å². The molecule has 1 aliphatic carbocycles. The van der Waals surface area contributed by atoms with Crippen LogP contribution in [0.25, 0.3) is 21.1 Å². The first-order valence-electron chi connectivity index (χ1n) is 6.27. The second kappa shape index (κ2) is 3.91. The van der Waals surface area contributed by atoms with Gasteiger partial charge in [0.1, 0.15) is 10.2 Å². The largest absolute Gasteiger partial charge is 0.503 e. The number of aromatic amines is 1. The maximum absolute atomic E-state index is 13.7. The fraction of sp³-hybridized carbons (Fsp3) is 0.231. The molecule has 2 N–H and O–H groups in total. The molecule has 0 aliphatic heterocycles. The van der Waals surface area contributed by atoms with E-state index < -0.39 is 28.4 Å². The maximum Gasteiger partial charge on any atom is 0.271 e. The van der Waals surface area contributed by atoms with Crippen LogP contribution in [-0.2, 0) is 0 Å². The lowest BCUT2D eigenvalue weighted by atomic mass is 10.1. The Bertz CT molecular complexity index is 1030. The first-order valence-corrected chi connectivity index (χ1v) is 7.08. The number of halogens is 2. The molecular weight excluding hydrogens is 302 g/mol. The molecule has 0 spiro atoms. The van der Waals surface area contributed by atoms with E-state index in [4.69, 9.17) is 0 Å². The third-order valence-corrected chi connectivity index (χ3v) is 4.57. The fourth-order valence-electron chi connectivity index (χ4n) is 2.60. The molecule has 0 radical (unpaired) electrons. The summed E-state index contributed by atoms with van der Waals surface area (Å²) in [5, 5.41) is 9.66. The number of aromatic nitrogens is 2. The van der Waals surface area contributed by atoms with Crippen LogP contribution in [-0.4, -0.2) is 14.0 Å². The van der Waals surface area contributed by atoms with Gasteiger partial charge in [0.05, 0.1) is 10.9 Å². The highest BCUT2D eigenvalue weighted by molar-refractivity contribution is 7.12. The predicted octanol–water partition coefficient (Wildman–Crippen LogP) is 2.22. The Morgan fingerprint density at radius 2 is 2.05 bits per heavy atom. The normalized spacial score (nSPS) is 15.1. The lowest BCUT2D eigenvalue weighted by Crippen LogP contribution is -2.15. The molecule has 2 aromatic heterocycles. The average molecular weight is 310 g/mol. The summed E-state index contributed by atoms with van der Waals surface area (Å²) in [5.41, 5.74) is -1.31. The molecule has 0 amide bonds. The van der Waals surface area contributed by atoms with Crippen LogP contribution in [0.4, 0.5) is 8.78 Å². The molecular formula is C13H8F2N2O3S. The highest BCUT2D eigenvalue weighted by Gasteiger charge is 2.31. The van der Waals surface area contributed by atoms with Crippen LogP contribution in [0.15, 0.2) is 15.7 Å². The van der Waals surface area contributed by atoms with Crippen LogP contribution < -0.4 is 11.0 Å². The van der Waals surface area contributed by atoms with Crippen molar-refractivity contribution in [1.82, 2.24) is 8.94 Å². The molecule has 21 heavy (non-hydrogen) atoms. The molecule has 5 nitrogen and oxygen atoms in total. The molecule has 4 rings (SSSR count). The third kappa shape index (κ3) is 1.53. The quantitative estimate of drug-likeness (QED) is 0.723. The van der Waals surface area contributed by atoms with Crippen molar-refractivity contribution in [3.63, 3.8) is 0 Å². The molecule has 1 aliphatic rings. The van der Waals surface area contributed by atoms with Crippen molar-refractivity contribution in [2.45, 2.75) is 18.9 Å². The van der Waals surface area contributed by atoms with Crippen molar-refractivity contribution >= 4 is 32.7 Å². The lowest BCUT2D eigenvalue weighted by Gasteiger charge is -2.13. The number of fused-ring (bicyclic) bond motifs is 2. The predicted molar refractivity (Wildman–Crippen MR) is 74.1 cm³/mol. The minimum Gasteiger partial charge on any atom is -0.503 e. The Balaban J connectivity index is 2.39. The molecule has 0 bridgehead atoms. The molecule has 8 heteroatoms. The van der Waals surface area contributed by atoms with Gasteiger partial charge in [0, 0.05) is 6.04 Å². The number of aromatic hydroxyl groups is 1. The summed E-state index contributed by atoms with van der Waals surface area (Å²) in [6.07, 6.45) is 1.58. The van der Waals surface area contributed by atoms with Gasteiger partial charge in [0.2, 0.25) is 11.2 Å². The van der Waals surface area contributed by atoms with E-state index in [0.29, 0.717) is 4.83 Å². The Morgan fingerprint density at radius 1 is 1.33 bits per heavy atom. The van der Waals surface area contributed by atoms with Crippen molar-refractivity contribution in [2.75, 3.05) is 0 Å². The fourth-order valence-corrected chi connectivity index (χ4v) is 3.52. The summed E-state index contributed by atoms with van der Waals surface area (Å²) < 4.78 is 31.2. The number of pyridine rings is 1. The van der Waals surface area contributed by atoms with Crippen LogP contribution in [0.2, 0.25) is 0 Å². The first-order chi connectivity index (χ1) is 10.0. The van der Waals surface area contributed by atoms with E-state index >= 15 is 0 Å². The summed E-state index contributed by atoms with van der Waals surface area (Å²) in [6, 6.07) is 0.708. The monoisotopic (exact) mass is 310 g/mol. The van der Waals surface area contributed by atoms with Gasteiger partial charge in [-0.05, 0) is 30.4 Å². The number of nitrogens with zero attached hydrogens (tertiary/aromatic N) is 1. The number of hydrogen-bond donors (Lipinski definition) is 2.